The lowest BCUT2D eigenvalue weighted by atomic mass is 9.94. The number of unbranched alkanes of at least 4 members (excludes halogenated alkanes) is 25. The maximum Gasteiger partial charge on any atom is 0.308 e. The van der Waals surface area contributed by atoms with Gasteiger partial charge >= 0.3 is 5.97 Å². The second-order valence-corrected chi connectivity index (χ2v) is 17.4. The first-order valence-corrected chi connectivity index (χ1v) is 25.2. The molecular formula is C50H101NO4. The van der Waals surface area contributed by atoms with E-state index in [1.807, 2.05) is 0 Å². The number of ether oxygens (including phenoxy) is 2. The van der Waals surface area contributed by atoms with Crippen LogP contribution >= 0.6 is 0 Å². The number of carbonyl (C=O) groups excluding carboxylic acids is 1. The van der Waals surface area contributed by atoms with E-state index >= 15 is 0 Å². The Kier molecular flexibility index (Phi) is 45.5. The minimum absolute atomic E-state index is 0.0754. The molecule has 55 heavy (non-hydrogen) atoms. The maximum atomic E-state index is 13.0. The fourth-order valence-corrected chi connectivity index (χ4v) is 8.11. The van der Waals surface area contributed by atoms with Gasteiger partial charge in [0.2, 0.25) is 0 Å². The molecule has 1 N–H and O–H groups in total. The second kappa shape index (κ2) is 46.0. The van der Waals surface area contributed by atoms with Gasteiger partial charge in [0.1, 0.15) is 0 Å². The molecule has 5 nitrogen and oxygen atoms in total. The van der Waals surface area contributed by atoms with Crippen LogP contribution in [0.5, 0.6) is 0 Å². The van der Waals surface area contributed by atoms with E-state index in [0.717, 1.165) is 70.6 Å². The molecule has 2 atom stereocenters. The SMILES string of the molecule is CCCCCCCCCC(CCCCCC)COCCCCCCN(CCCCCO)CCCCCCOC(=O)C(CCCCCC)CCCCCCCC. The molecule has 0 aliphatic rings. The smallest absolute Gasteiger partial charge is 0.308 e. The van der Waals surface area contributed by atoms with Crippen molar-refractivity contribution in [1.29, 1.82) is 0 Å². The number of rotatable bonds is 47. The summed E-state index contributed by atoms with van der Waals surface area (Å²) in [5.74, 6) is 0.947. The minimum Gasteiger partial charge on any atom is -0.465 e. The third kappa shape index (κ3) is 39.9. The van der Waals surface area contributed by atoms with E-state index in [0.29, 0.717) is 13.2 Å². The van der Waals surface area contributed by atoms with Gasteiger partial charge in [0.05, 0.1) is 12.5 Å². The topological polar surface area (TPSA) is 59.0 Å². The fraction of sp³-hybridized carbons (Fsp3) is 0.980. The van der Waals surface area contributed by atoms with Crippen LogP contribution in [0.4, 0.5) is 0 Å². The van der Waals surface area contributed by atoms with Crippen LogP contribution in [0.1, 0.15) is 259 Å². The summed E-state index contributed by atoms with van der Waals surface area (Å²) < 4.78 is 12.1. The first-order chi connectivity index (χ1) is 27.1. The Hall–Kier alpha value is -0.650. The lowest BCUT2D eigenvalue weighted by Crippen LogP contribution is -2.27. The number of hydrogen-bond donors (Lipinski definition) is 1. The lowest BCUT2D eigenvalue weighted by Gasteiger charge is -2.22. The van der Waals surface area contributed by atoms with Crippen LogP contribution < -0.4 is 0 Å². The van der Waals surface area contributed by atoms with E-state index in [1.54, 1.807) is 0 Å². The number of hydrogen-bond acceptors (Lipinski definition) is 5. The van der Waals surface area contributed by atoms with Crippen molar-refractivity contribution in [2.75, 3.05) is 46.1 Å². The number of aliphatic hydroxyl groups excluding tert-OH is 1. The highest BCUT2D eigenvalue weighted by Gasteiger charge is 2.19. The first kappa shape index (κ1) is 54.3. The zero-order chi connectivity index (χ0) is 40.1. The summed E-state index contributed by atoms with van der Waals surface area (Å²) >= 11 is 0. The quantitative estimate of drug-likeness (QED) is 0.0492. The number of aliphatic hydroxyl groups is 1. The lowest BCUT2D eigenvalue weighted by molar-refractivity contribution is -0.149. The average molecular weight is 780 g/mol. The van der Waals surface area contributed by atoms with Gasteiger partial charge in [-0.3, -0.25) is 4.79 Å². The molecule has 0 aromatic heterocycles. The molecule has 2 unspecified atom stereocenters. The molecular weight excluding hydrogens is 679 g/mol. The van der Waals surface area contributed by atoms with Crippen LogP contribution in [0.15, 0.2) is 0 Å². The van der Waals surface area contributed by atoms with E-state index in [2.05, 4.69) is 32.6 Å². The van der Waals surface area contributed by atoms with Gasteiger partial charge in [0.25, 0.3) is 0 Å². The summed E-state index contributed by atoms with van der Waals surface area (Å²) in [6, 6.07) is 0. The Morgan fingerprint density at radius 2 is 0.800 bits per heavy atom. The molecule has 0 fully saturated rings. The van der Waals surface area contributed by atoms with Crippen molar-refractivity contribution >= 4 is 5.97 Å². The van der Waals surface area contributed by atoms with Crippen molar-refractivity contribution in [2.45, 2.75) is 259 Å². The van der Waals surface area contributed by atoms with Crippen LogP contribution in [0.3, 0.4) is 0 Å². The first-order valence-electron chi connectivity index (χ1n) is 25.2. The Morgan fingerprint density at radius 1 is 0.436 bits per heavy atom. The van der Waals surface area contributed by atoms with Crippen LogP contribution in [0.25, 0.3) is 0 Å². The summed E-state index contributed by atoms with van der Waals surface area (Å²) in [5.41, 5.74) is 0. The molecule has 0 saturated heterocycles. The molecule has 0 saturated carbocycles. The van der Waals surface area contributed by atoms with Gasteiger partial charge < -0.3 is 19.5 Å². The molecule has 5 heteroatoms. The Labute approximate surface area is 346 Å². The predicted octanol–water partition coefficient (Wildman–Crippen LogP) is 15.2. The summed E-state index contributed by atoms with van der Waals surface area (Å²) in [6.07, 6.45) is 45.4. The molecule has 0 bridgehead atoms. The number of nitrogens with zero attached hydrogens (tertiary/aromatic N) is 1. The summed E-state index contributed by atoms with van der Waals surface area (Å²) in [7, 11) is 0. The van der Waals surface area contributed by atoms with Crippen molar-refractivity contribution in [1.82, 2.24) is 4.90 Å². The molecule has 0 spiro atoms. The van der Waals surface area contributed by atoms with Gasteiger partial charge in [-0.05, 0) is 96.2 Å². The average Bonchev–Trinajstić information content (AvgIpc) is 3.19. The molecule has 0 aromatic carbocycles. The minimum atomic E-state index is 0.0754. The highest BCUT2D eigenvalue weighted by molar-refractivity contribution is 5.72. The van der Waals surface area contributed by atoms with E-state index in [1.165, 1.54) is 199 Å². The number of esters is 1. The summed E-state index contributed by atoms with van der Waals surface area (Å²) in [5, 5.41) is 9.25. The monoisotopic (exact) mass is 780 g/mol. The maximum absolute atomic E-state index is 13.0. The van der Waals surface area contributed by atoms with Gasteiger partial charge in [-0.15, -0.1) is 0 Å². The van der Waals surface area contributed by atoms with Crippen LogP contribution in [-0.2, 0) is 14.3 Å². The molecule has 0 heterocycles. The van der Waals surface area contributed by atoms with Crippen molar-refractivity contribution in [3.8, 4) is 0 Å². The van der Waals surface area contributed by atoms with Gasteiger partial charge in [-0.25, -0.2) is 0 Å². The van der Waals surface area contributed by atoms with Crippen molar-refractivity contribution < 1.29 is 19.4 Å². The van der Waals surface area contributed by atoms with Crippen molar-refractivity contribution in [3.63, 3.8) is 0 Å². The molecule has 0 aliphatic carbocycles. The van der Waals surface area contributed by atoms with E-state index in [-0.39, 0.29) is 11.9 Å². The Morgan fingerprint density at radius 3 is 1.27 bits per heavy atom. The van der Waals surface area contributed by atoms with Crippen LogP contribution in [0, 0.1) is 11.8 Å². The largest absolute Gasteiger partial charge is 0.465 e. The molecule has 330 valence electrons. The Balaban J connectivity index is 4.33. The van der Waals surface area contributed by atoms with E-state index in [4.69, 9.17) is 9.47 Å². The molecule has 0 rings (SSSR count). The van der Waals surface area contributed by atoms with Crippen LogP contribution in [0.2, 0.25) is 0 Å². The van der Waals surface area contributed by atoms with Crippen molar-refractivity contribution in [3.05, 3.63) is 0 Å². The molecule has 0 amide bonds. The predicted molar refractivity (Wildman–Crippen MR) is 241 cm³/mol. The normalized spacial score (nSPS) is 12.8. The standard InChI is InChI=1S/C50H101NO4/c1-5-9-13-17-19-20-28-38-48(37-27-15-11-7-3)47-54-45-35-24-22-31-41-51(43-33-26-34-44-52)42-32-23-25-36-46-55-50(53)49(39-29-16-12-8-4)40-30-21-18-14-10-6-2/h48-49,52H,5-47H2,1-4H3. The summed E-state index contributed by atoms with van der Waals surface area (Å²) in [4.78, 5) is 15.7. The van der Waals surface area contributed by atoms with E-state index < -0.39 is 0 Å². The van der Waals surface area contributed by atoms with Gasteiger partial charge in [-0.1, -0.05) is 188 Å². The summed E-state index contributed by atoms with van der Waals surface area (Å²) in [6.45, 7) is 15.4. The van der Waals surface area contributed by atoms with Gasteiger partial charge in [0.15, 0.2) is 0 Å². The molecule has 0 aromatic rings. The molecule has 0 radical (unpaired) electrons. The van der Waals surface area contributed by atoms with Crippen LogP contribution in [-0.4, -0.2) is 62.0 Å². The second-order valence-electron chi connectivity index (χ2n) is 17.4. The third-order valence-corrected chi connectivity index (χ3v) is 11.9. The van der Waals surface area contributed by atoms with Gasteiger partial charge in [0, 0.05) is 19.8 Å². The highest BCUT2D eigenvalue weighted by atomic mass is 16.5. The van der Waals surface area contributed by atoms with Crippen molar-refractivity contribution in [2.24, 2.45) is 11.8 Å². The highest BCUT2D eigenvalue weighted by Crippen LogP contribution is 2.22. The third-order valence-electron chi connectivity index (χ3n) is 11.9. The Bertz CT molecular complexity index is 733. The molecule has 0 aliphatic heterocycles. The van der Waals surface area contributed by atoms with Gasteiger partial charge in [-0.2, -0.15) is 0 Å². The van der Waals surface area contributed by atoms with E-state index in [9.17, 15) is 9.90 Å². The zero-order valence-corrected chi connectivity index (χ0v) is 38.2. The zero-order valence-electron chi connectivity index (χ0n) is 38.2. The number of carbonyl (C=O) groups is 1. The fourth-order valence-electron chi connectivity index (χ4n) is 8.11.